The summed E-state index contributed by atoms with van der Waals surface area (Å²) in [5.74, 6) is 0.276. The predicted molar refractivity (Wildman–Crippen MR) is 147 cm³/mol. The molecule has 1 saturated carbocycles. The fraction of sp³-hybridized carbons (Fsp3) is 0.519. The first-order chi connectivity index (χ1) is 18.7. The molecule has 0 radical (unpaired) electrons. The van der Waals surface area contributed by atoms with Gasteiger partial charge in [0.1, 0.15) is 0 Å². The van der Waals surface area contributed by atoms with Crippen LogP contribution in [0.2, 0.25) is 0 Å². The van der Waals surface area contributed by atoms with Crippen LogP contribution in [0.3, 0.4) is 0 Å². The molecule has 2 aromatic carbocycles. The van der Waals surface area contributed by atoms with Gasteiger partial charge in [0.15, 0.2) is 11.5 Å². The third-order valence-electron chi connectivity index (χ3n) is 7.36. The molecule has 2 fully saturated rings. The Hall–Kier alpha value is -2.67. The molecule has 1 heterocycles. The average molecular weight is 580 g/mol. The Balaban J connectivity index is 1.46. The van der Waals surface area contributed by atoms with Gasteiger partial charge in [-0.3, -0.25) is 4.79 Å². The van der Waals surface area contributed by atoms with Gasteiger partial charge < -0.3 is 14.8 Å². The van der Waals surface area contributed by atoms with Crippen LogP contribution in [0.25, 0.3) is 0 Å². The SMILES string of the molecule is COc1ccc(S(=O)(=O)N(CC(=O)NCc2ccc(S(=O)(=O)N3CCCC3)cc2)C2CCCCC2)cc1OC. The van der Waals surface area contributed by atoms with Crippen molar-refractivity contribution in [2.24, 2.45) is 0 Å². The minimum Gasteiger partial charge on any atom is -0.493 e. The molecule has 0 spiro atoms. The molecule has 1 aliphatic heterocycles. The molecule has 0 bridgehead atoms. The highest BCUT2D eigenvalue weighted by molar-refractivity contribution is 7.89. The Morgan fingerprint density at radius 3 is 2.10 bits per heavy atom. The van der Waals surface area contributed by atoms with Crippen LogP contribution in [0.4, 0.5) is 0 Å². The number of rotatable bonds is 11. The first-order valence-corrected chi connectivity index (χ1v) is 16.1. The van der Waals surface area contributed by atoms with E-state index in [0.717, 1.165) is 37.7 Å². The van der Waals surface area contributed by atoms with Gasteiger partial charge in [0.05, 0.1) is 30.6 Å². The zero-order valence-electron chi connectivity index (χ0n) is 22.5. The van der Waals surface area contributed by atoms with Gasteiger partial charge in [0.2, 0.25) is 26.0 Å². The number of sulfonamides is 2. The van der Waals surface area contributed by atoms with Gasteiger partial charge in [-0.1, -0.05) is 31.4 Å². The highest BCUT2D eigenvalue weighted by Gasteiger charge is 2.34. The molecule has 0 atom stereocenters. The second-order valence-corrected chi connectivity index (χ2v) is 13.7. The van der Waals surface area contributed by atoms with Gasteiger partial charge in [-0.2, -0.15) is 8.61 Å². The van der Waals surface area contributed by atoms with Crippen LogP contribution >= 0.6 is 0 Å². The number of nitrogens with one attached hydrogen (secondary N) is 1. The van der Waals surface area contributed by atoms with E-state index in [1.807, 2.05) is 0 Å². The second-order valence-electron chi connectivity index (χ2n) is 9.89. The minimum atomic E-state index is -4.00. The van der Waals surface area contributed by atoms with Crippen molar-refractivity contribution in [3.05, 3.63) is 48.0 Å². The van der Waals surface area contributed by atoms with Crippen molar-refractivity contribution in [1.82, 2.24) is 13.9 Å². The molecule has 39 heavy (non-hydrogen) atoms. The van der Waals surface area contributed by atoms with Gasteiger partial charge in [0.25, 0.3) is 0 Å². The number of methoxy groups -OCH3 is 2. The monoisotopic (exact) mass is 579 g/mol. The van der Waals surface area contributed by atoms with Crippen LogP contribution in [0.5, 0.6) is 11.5 Å². The molecule has 1 N–H and O–H groups in total. The number of carbonyl (C=O) groups is 1. The standard InChI is InChI=1S/C27H37N3O7S2/c1-36-25-15-14-24(18-26(25)37-2)39(34,35)30(22-8-4-3-5-9-22)20-27(31)28-19-21-10-12-23(13-11-21)38(32,33)29-16-6-7-17-29/h10-15,18,22H,3-9,16-17,19-20H2,1-2H3,(H,28,31). The summed E-state index contributed by atoms with van der Waals surface area (Å²) in [4.78, 5) is 13.3. The van der Waals surface area contributed by atoms with Crippen LogP contribution in [-0.2, 0) is 31.4 Å². The lowest BCUT2D eigenvalue weighted by Crippen LogP contribution is -2.46. The van der Waals surface area contributed by atoms with Crippen LogP contribution in [0.15, 0.2) is 52.3 Å². The molecule has 12 heteroatoms. The zero-order valence-corrected chi connectivity index (χ0v) is 24.1. The average Bonchev–Trinajstić information content (AvgIpc) is 3.51. The zero-order chi connectivity index (χ0) is 28.0. The van der Waals surface area contributed by atoms with Gasteiger partial charge in [-0.05, 0) is 55.5 Å². The molecule has 0 unspecified atom stereocenters. The van der Waals surface area contributed by atoms with E-state index >= 15 is 0 Å². The van der Waals surface area contributed by atoms with Crippen molar-refractivity contribution >= 4 is 26.0 Å². The minimum absolute atomic E-state index is 0.0355. The first kappa shape index (κ1) is 29.3. The number of hydrogen-bond acceptors (Lipinski definition) is 7. The first-order valence-electron chi connectivity index (χ1n) is 13.3. The third-order valence-corrected chi connectivity index (χ3v) is 11.2. The number of benzene rings is 2. The number of carbonyl (C=O) groups excluding carboxylic acids is 1. The van der Waals surface area contributed by atoms with Gasteiger partial charge in [-0.15, -0.1) is 0 Å². The molecular formula is C27H37N3O7S2. The summed E-state index contributed by atoms with van der Waals surface area (Å²) in [7, 11) is -4.60. The highest BCUT2D eigenvalue weighted by Crippen LogP contribution is 2.33. The largest absolute Gasteiger partial charge is 0.493 e. The van der Waals surface area contributed by atoms with E-state index in [2.05, 4.69) is 5.32 Å². The summed E-state index contributed by atoms with van der Waals surface area (Å²) in [6.07, 6.45) is 5.94. The Kier molecular flexibility index (Phi) is 9.52. The van der Waals surface area contributed by atoms with E-state index in [9.17, 15) is 21.6 Å². The summed E-state index contributed by atoms with van der Waals surface area (Å²) >= 11 is 0. The van der Waals surface area contributed by atoms with Gasteiger partial charge in [-0.25, -0.2) is 16.8 Å². The summed E-state index contributed by atoms with van der Waals surface area (Å²) in [5.41, 5.74) is 0.718. The maximum Gasteiger partial charge on any atom is 0.243 e. The van der Waals surface area contributed by atoms with Gasteiger partial charge >= 0.3 is 0 Å². The molecule has 0 aromatic heterocycles. The van der Waals surface area contributed by atoms with Gasteiger partial charge in [0, 0.05) is 31.7 Å². The van der Waals surface area contributed by atoms with E-state index < -0.39 is 26.0 Å². The molecule has 2 aliphatic rings. The molecule has 10 nitrogen and oxygen atoms in total. The molecule has 2 aromatic rings. The van der Waals surface area contributed by atoms with E-state index in [-0.39, 0.29) is 28.9 Å². The summed E-state index contributed by atoms with van der Waals surface area (Å²) in [5, 5.41) is 2.80. The summed E-state index contributed by atoms with van der Waals surface area (Å²) < 4.78 is 66.3. The molecule has 1 amide bonds. The van der Waals surface area contributed by atoms with Crippen LogP contribution in [0.1, 0.15) is 50.5 Å². The molecular weight excluding hydrogens is 542 g/mol. The number of nitrogens with zero attached hydrogens (tertiary/aromatic N) is 2. The Morgan fingerprint density at radius 1 is 0.872 bits per heavy atom. The number of amides is 1. The van der Waals surface area contributed by atoms with Crippen molar-refractivity contribution in [2.75, 3.05) is 33.9 Å². The maximum atomic E-state index is 13.7. The maximum absolute atomic E-state index is 13.7. The highest BCUT2D eigenvalue weighted by atomic mass is 32.2. The summed E-state index contributed by atoms with van der Waals surface area (Å²) in [6.45, 7) is 0.897. The lowest BCUT2D eigenvalue weighted by atomic mass is 9.95. The second kappa shape index (κ2) is 12.7. The van der Waals surface area contributed by atoms with Crippen molar-refractivity contribution in [1.29, 1.82) is 0 Å². The smallest absolute Gasteiger partial charge is 0.243 e. The van der Waals surface area contributed by atoms with Crippen molar-refractivity contribution in [3.63, 3.8) is 0 Å². The Bertz CT molecular complexity index is 1350. The third kappa shape index (κ3) is 6.74. The van der Waals surface area contributed by atoms with E-state index in [0.29, 0.717) is 37.4 Å². The lowest BCUT2D eigenvalue weighted by Gasteiger charge is -2.33. The van der Waals surface area contributed by atoms with Crippen molar-refractivity contribution < 1.29 is 31.1 Å². The number of ether oxygens (including phenoxy) is 2. The topological polar surface area (TPSA) is 122 Å². The van der Waals surface area contributed by atoms with E-state index in [1.54, 1.807) is 30.3 Å². The fourth-order valence-corrected chi connectivity index (χ4v) is 8.32. The number of hydrogen-bond donors (Lipinski definition) is 1. The molecule has 4 rings (SSSR count). The quantitative estimate of drug-likeness (QED) is 0.434. The Morgan fingerprint density at radius 2 is 1.49 bits per heavy atom. The van der Waals surface area contributed by atoms with E-state index in [1.165, 1.54) is 35.0 Å². The fourth-order valence-electron chi connectivity index (χ4n) is 5.15. The van der Waals surface area contributed by atoms with E-state index in [4.69, 9.17) is 9.47 Å². The van der Waals surface area contributed by atoms with Crippen LogP contribution in [0, 0.1) is 0 Å². The lowest BCUT2D eigenvalue weighted by molar-refractivity contribution is -0.121. The van der Waals surface area contributed by atoms with Crippen molar-refractivity contribution in [2.45, 2.75) is 67.3 Å². The molecule has 1 aliphatic carbocycles. The van der Waals surface area contributed by atoms with Crippen molar-refractivity contribution in [3.8, 4) is 11.5 Å². The molecule has 214 valence electrons. The van der Waals surface area contributed by atoms with Crippen LogP contribution in [-0.4, -0.2) is 71.2 Å². The van der Waals surface area contributed by atoms with Crippen LogP contribution < -0.4 is 14.8 Å². The summed E-state index contributed by atoms with van der Waals surface area (Å²) in [6, 6.07) is 10.6. The predicted octanol–water partition coefficient (Wildman–Crippen LogP) is 3.13. The Labute approximate surface area is 231 Å². The molecule has 1 saturated heterocycles. The normalized spacial score (nSPS) is 17.3.